The highest BCUT2D eigenvalue weighted by molar-refractivity contribution is 5.86. The summed E-state index contributed by atoms with van der Waals surface area (Å²) in [5, 5.41) is 23.5. The van der Waals surface area contributed by atoms with Crippen LogP contribution in [0.5, 0.6) is 0 Å². The minimum Gasteiger partial charge on any atom is -0.481 e. The second kappa shape index (κ2) is 17.3. The molecule has 0 saturated heterocycles. The smallest absolute Gasteiger partial charge is 0.310 e. The van der Waals surface area contributed by atoms with Gasteiger partial charge in [-0.05, 0) is 83.0 Å². The van der Waals surface area contributed by atoms with Gasteiger partial charge < -0.3 is 19.7 Å². The first-order valence-electron chi connectivity index (χ1n) is 17.9. The summed E-state index contributed by atoms with van der Waals surface area (Å²) < 4.78 is 10.5. The van der Waals surface area contributed by atoms with Crippen LogP contribution in [0.3, 0.4) is 0 Å². The minimum absolute atomic E-state index is 0.0117. The predicted molar refractivity (Wildman–Crippen MR) is 192 cm³/mol. The van der Waals surface area contributed by atoms with Gasteiger partial charge in [-0.2, -0.15) is 0 Å². The molecule has 0 aliphatic heterocycles. The zero-order valence-electron chi connectivity index (χ0n) is 29.0. The molecule has 0 aromatic heterocycles. The Balaban J connectivity index is 0.000000194. The minimum atomic E-state index is -0.896. The van der Waals surface area contributed by atoms with Crippen molar-refractivity contribution < 1.29 is 38.9 Å². The Morgan fingerprint density at radius 1 is 0.580 bits per heavy atom. The highest BCUT2D eigenvalue weighted by Gasteiger charge is 2.51. The van der Waals surface area contributed by atoms with Crippen LogP contribution in [0.2, 0.25) is 0 Å². The quantitative estimate of drug-likeness (QED) is 0.101. The topological polar surface area (TPSA) is 127 Å². The molecule has 264 valence electrons. The molecule has 50 heavy (non-hydrogen) atoms. The molecule has 2 aliphatic carbocycles. The van der Waals surface area contributed by atoms with Gasteiger partial charge in [0, 0.05) is 0 Å². The van der Waals surface area contributed by atoms with E-state index in [-0.39, 0.29) is 23.8 Å². The van der Waals surface area contributed by atoms with Crippen molar-refractivity contribution in [2.45, 2.75) is 65.2 Å². The van der Waals surface area contributed by atoms with Gasteiger partial charge in [0.25, 0.3) is 0 Å². The Kier molecular flexibility index (Phi) is 12.6. The average molecular weight is 681 g/mol. The highest BCUT2D eigenvalue weighted by Crippen LogP contribution is 2.45. The molecule has 2 aliphatic rings. The predicted octanol–water partition coefficient (Wildman–Crippen LogP) is 8.13. The number of rotatable bonds is 14. The van der Waals surface area contributed by atoms with Crippen molar-refractivity contribution in [3.8, 4) is 0 Å². The number of ether oxygens (including phenoxy) is 2. The van der Waals surface area contributed by atoms with E-state index in [0.717, 1.165) is 47.6 Å². The molecular formula is C42H48O8. The Morgan fingerprint density at radius 3 is 1.52 bits per heavy atom. The van der Waals surface area contributed by atoms with E-state index < -0.39 is 35.6 Å². The molecule has 0 amide bonds. The lowest BCUT2D eigenvalue weighted by molar-refractivity contribution is -0.170. The first-order chi connectivity index (χ1) is 24.2. The first kappa shape index (κ1) is 36.6. The van der Waals surface area contributed by atoms with Crippen LogP contribution >= 0.6 is 0 Å². The van der Waals surface area contributed by atoms with Crippen molar-refractivity contribution in [1.82, 2.24) is 0 Å². The van der Waals surface area contributed by atoms with Crippen LogP contribution in [0, 0.1) is 35.5 Å². The Bertz CT molecular complexity index is 1800. The van der Waals surface area contributed by atoms with E-state index in [4.69, 9.17) is 9.47 Å². The summed E-state index contributed by atoms with van der Waals surface area (Å²) in [5.74, 6) is -4.74. The zero-order chi connectivity index (χ0) is 35.6. The van der Waals surface area contributed by atoms with Crippen molar-refractivity contribution in [2.24, 2.45) is 35.5 Å². The van der Waals surface area contributed by atoms with Gasteiger partial charge in [0.1, 0.15) is 0 Å². The van der Waals surface area contributed by atoms with Crippen LogP contribution < -0.4 is 0 Å². The summed E-state index contributed by atoms with van der Waals surface area (Å²) >= 11 is 0. The van der Waals surface area contributed by atoms with Crippen molar-refractivity contribution in [3.05, 3.63) is 96.1 Å². The molecule has 2 fully saturated rings. The van der Waals surface area contributed by atoms with Crippen molar-refractivity contribution in [2.75, 3.05) is 13.2 Å². The number of carboxylic acids is 2. The van der Waals surface area contributed by atoms with Crippen molar-refractivity contribution in [3.63, 3.8) is 0 Å². The fraction of sp³-hybridized carbons (Fsp3) is 0.429. The molecular weight excluding hydrogens is 632 g/mol. The number of fused-ring (bicyclic) bond motifs is 2. The maximum absolute atomic E-state index is 12.3. The van der Waals surface area contributed by atoms with E-state index >= 15 is 0 Å². The first-order valence-corrected chi connectivity index (χ1v) is 17.9. The van der Waals surface area contributed by atoms with Crippen LogP contribution in [0.25, 0.3) is 21.5 Å². The van der Waals surface area contributed by atoms with Gasteiger partial charge in [0.15, 0.2) is 0 Å². The number of hydrogen-bond acceptors (Lipinski definition) is 6. The average Bonchev–Trinajstić information content (AvgIpc) is 3.08. The number of carbonyl (C=O) groups is 4. The summed E-state index contributed by atoms with van der Waals surface area (Å²) in [6.45, 7) is 4.81. The Hall–Kier alpha value is -4.72. The Morgan fingerprint density at radius 2 is 1.04 bits per heavy atom. The molecule has 6 rings (SSSR count). The summed E-state index contributed by atoms with van der Waals surface area (Å²) in [7, 11) is 0. The van der Waals surface area contributed by atoms with Gasteiger partial charge in [-0.25, -0.2) is 0 Å². The second-order valence-corrected chi connectivity index (χ2v) is 13.7. The molecule has 0 spiro atoms. The molecule has 2 saturated carbocycles. The maximum Gasteiger partial charge on any atom is 0.310 e. The number of carbonyl (C=O) groups excluding carboxylic acids is 2. The van der Waals surface area contributed by atoms with Crippen molar-refractivity contribution in [1.29, 1.82) is 0 Å². The molecule has 2 N–H and O–H groups in total. The van der Waals surface area contributed by atoms with Gasteiger partial charge >= 0.3 is 23.9 Å². The summed E-state index contributed by atoms with van der Waals surface area (Å²) in [6.07, 6.45) is 6.04. The Labute approximate surface area is 293 Å². The molecule has 6 atom stereocenters. The SMILES string of the molecule is CCCCOC(=O)C1C(Cc2ccc3ccccc3c2)CC1C(=O)O.CCCCOC(=O)C1CC(Cc2ccc3ccccc3c2)C1C(=O)O. The molecule has 0 bridgehead atoms. The maximum atomic E-state index is 12.3. The van der Waals surface area contributed by atoms with Crippen LogP contribution in [-0.2, 0) is 41.5 Å². The summed E-state index contributed by atoms with van der Waals surface area (Å²) in [6, 6.07) is 28.8. The summed E-state index contributed by atoms with van der Waals surface area (Å²) in [4.78, 5) is 47.5. The second-order valence-electron chi connectivity index (χ2n) is 13.7. The van der Waals surface area contributed by atoms with Gasteiger partial charge in [-0.15, -0.1) is 0 Å². The standard InChI is InChI=1S/2C21H24O4/c1-2-3-10-25-21(24)18-13-17(19(18)20(22)23)12-14-8-9-15-6-4-5-7-16(15)11-14;1-2-3-10-25-21(24)19-17(13-18(19)20(22)23)12-14-8-9-15-6-4-5-7-16(15)11-14/h2*4-9,11,17-19H,2-3,10,12-13H2,1H3,(H,22,23). The third kappa shape index (κ3) is 8.89. The van der Waals surface area contributed by atoms with Gasteiger partial charge in [0.2, 0.25) is 0 Å². The summed E-state index contributed by atoms with van der Waals surface area (Å²) in [5.41, 5.74) is 2.26. The van der Waals surface area contributed by atoms with Crippen LogP contribution in [0.4, 0.5) is 0 Å². The number of hydrogen-bond donors (Lipinski definition) is 2. The van der Waals surface area contributed by atoms with Crippen molar-refractivity contribution >= 4 is 45.4 Å². The third-order valence-corrected chi connectivity index (χ3v) is 10.3. The van der Waals surface area contributed by atoms with E-state index in [9.17, 15) is 29.4 Å². The lowest BCUT2D eigenvalue weighted by atomic mass is 9.62. The number of benzene rings is 4. The molecule has 8 heteroatoms. The fourth-order valence-electron chi connectivity index (χ4n) is 7.33. The van der Waals surface area contributed by atoms with Gasteiger partial charge in [-0.3, -0.25) is 19.2 Å². The fourth-order valence-corrected chi connectivity index (χ4v) is 7.33. The number of carboxylic acid groups (broad SMARTS) is 2. The zero-order valence-corrected chi connectivity index (χ0v) is 29.0. The monoisotopic (exact) mass is 680 g/mol. The van der Waals surface area contributed by atoms with Gasteiger partial charge in [-0.1, -0.05) is 112 Å². The third-order valence-electron chi connectivity index (χ3n) is 10.3. The molecule has 0 radical (unpaired) electrons. The van der Waals surface area contributed by atoms with E-state index in [1.54, 1.807) is 0 Å². The number of aliphatic carboxylic acids is 2. The van der Waals surface area contributed by atoms with E-state index in [2.05, 4.69) is 54.6 Å². The normalized spacial score (nSPS) is 22.4. The number of unbranched alkanes of at least 4 members (excludes halogenated alkanes) is 2. The highest BCUT2D eigenvalue weighted by atomic mass is 16.5. The number of esters is 2. The van der Waals surface area contributed by atoms with E-state index in [1.165, 1.54) is 10.8 Å². The molecule has 4 aromatic rings. The van der Waals surface area contributed by atoms with Gasteiger partial charge in [0.05, 0.1) is 36.9 Å². The lowest BCUT2D eigenvalue weighted by Crippen LogP contribution is -2.47. The van der Waals surface area contributed by atoms with Crippen LogP contribution in [0.1, 0.15) is 63.5 Å². The van der Waals surface area contributed by atoms with Crippen LogP contribution in [0.15, 0.2) is 84.9 Å². The molecule has 0 heterocycles. The molecule has 6 unspecified atom stereocenters. The molecule has 8 nitrogen and oxygen atoms in total. The van der Waals surface area contributed by atoms with E-state index in [1.807, 2.05) is 44.2 Å². The van der Waals surface area contributed by atoms with Crippen LogP contribution in [-0.4, -0.2) is 47.3 Å². The van der Waals surface area contributed by atoms with E-state index in [0.29, 0.717) is 38.9 Å². The lowest BCUT2D eigenvalue weighted by Gasteiger charge is -2.40. The largest absolute Gasteiger partial charge is 0.481 e. The molecule has 4 aromatic carbocycles.